The van der Waals surface area contributed by atoms with E-state index in [9.17, 15) is 9.18 Å². The van der Waals surface area contributed by atoms with Crippen molar-refractivity contribution in [2.45, 2.75) is 18.8 Å². The Balaban J connectivity index is 1.38. The van der Waals surface area contributed by atoms with Crippen molar-refractivity contribution in [2.75, 3.05) is 32.1 Å². The molecule has 2 heterocycles. The molecule has 2 aromatic carbocycles. The number of rotatable bonds is 4. The summed E-state index contributed by atoms with van der Waals surface area (Å²) in [4.78, 5) is 16.6. The van der Waals surface area contributed by atoms with E-state index < -0.39 is 0 Å². The monoisotopic (exact) mass is 394 g/mol. The van der Waals surface area contributed by atoms with Crippen molar-refractivity contribution in [1.82, 2.24) is 15.1 Å². The number of benzene rings is 2. The van der Waals surface area contributed by atoms with E-state index in [0.29, 0.717) is 36.0 Å². The van der Waals surface area contributed by atoms with Crippen molar-refractivity contribution in [1.29, 1.82) is 0 Å². The first kappa shape index (κ1) is 19.1. The fourth-order valence-electron chi connectivity index (χ4n) is 3.52. The molecule has 0 spiro atoms. The van der Waals surface area contributed by atoms with Crippen LogP contribution in [0.15, 0.2) is 52.9 Å². The maximum Gasteiger partial charge on any atom is 0.253 e. The van der Waals surface area contributed by atoms with Crippen molar-refractivity contribution < 1.29 is 13.6 Å². The van der Waals surface area contributed by atoms with E-state index in [-0.39, 0.29) is 17.6 Å². The fourth-order valence-corrected chi connectivity index (χ4v) is 3.52. The Hall–Kier alpha value is -3.22. The standard InChI is InChI=1S/C22H23FN4O2/c1-26(2)19-9-5-17(6-10-19)22(28)27-13-11-16(12-14-27)21-25-24-20(29-21)15-3-7-18(23)8-4-15/h3-10,16H,11-14H2,1-2H3. The van der Waals surface area contributed by atoms with Crippen LogP contribution in [0.25, 0.3) is 11.5 Å². The van der Waals surface area contributed by atoms with Crippen molar-refractivity contribution in [3.05, 3.63) is 65.8 Å². The smallest absolute Gasteiger partial charge is 0.253 e. The molecule has 0 unspecified atom stereocenters. The minimum atomic E-state index is -0.304. The van der Waals surface area contributed by atoms with Gasteiger partial charge in [0, 0.05) is 49.9 Å². The second-order valence-corrected chi connectivity index (χ2v) is 7.46. The highest BCUT2D eigenvalue weighted by Gasteiger charge is 2.28. The molecule has 0 bridgehead atoms. The molecule has 29 heavy (non-hydrogen) atoms. The van der Waals surface area contributed by atoms with Crippen molar-refractivity contribution >= 4 is 11.6 Å². The number of carbonyl (C=O) groups is 1. The highest BCUT2D eigenvalue weighted by Crippen LogP contribution is 2.30. The number of anilines is 1. The molecule has 7 heteroatoms. The summed E-state index contributed by atoms with van der Waals surface area (Å²) in [6.07, 6.45) is 1.54. The van der Waals surface area contributed by atoms with Gasteiger partial charge in [0.05, 0.1) is 0 Å². The van der Waals surface area contributed by atoms with Crippen molar-refractivity contribution in [3.63, 3.8) is 0 Å². The maximum absolute atomic E-state index is 13.1. The molecule has 6 nitrogen and oxygen atoms in total. The summed E-state index contributed by atoms with van der Waals surface area (Å²) in [6, 6.07) is 13.6. The van der Waals surface area contributed by atoms with Crippen LogP contribution < -0.4 is 4.90 Å². The average molecular weight is 394 g/mol. The van der Waals surface area contributed by atoms with Gasteiger partial charge >= 0.3 is 0 Å². The van der Waals surface area contributed by atoms with E-state index in [1.165, 1.54) is 12.1 Å². The van der Waals surface area contributed by atoms with Gasteiger partial charge in [-0.3, -0.25) is 4.79 Å². The second kappa shape index (κ2) is 8.03. The minimum Gasteiger partial charge on any atom is -0.420 e. The number of hydrogen-bond acceptors (Lipinski definition) is 5. The van der Waals surface area contributed by atoms with Crippen molar-refractivity contribution in [3.8, 4) is 11.5 Å². The van der Waals surface area contributed by atoms with Gasteiger partial charge in [-0.2, -0.15) is 0 Å². The molecule has 1 saturated heterocycles. The zero-order chi connectivity index (χ0) is 20.4. The lowest BCUT2D eigenvalue weighted by Crippen LogP contribution is -2.38. The first-order valence-electron chi connectivity index (χ1n) is 9.67. The van der Waals surface area contributed by atoms with Gasteiger partial charge in [-0.05, 0) is 61.4 Å². The molecule has 150 valence electrons. The van der Waals surface area contributed by atoms with Gasteiger partial charge in [-0.25, -0.2) is 4.39 Å². The number of piperidine rings is 1. The number of hydrogen-bond donors (Lipinski definition) is 0. The molecular formula is C22H23FN4O2. The van der Waals surface area contributed by atoms with Crippen LogP contribution in [-0.4, -0.2) is 48.2 Å². The van der Waals surface area contributed by atoms with E-state index in [1.54, 1.807) is 12.1 Å². The van der Waals surface area contributed by atoms with E-state index in [1.807, 2.05) is 48.2 Å². The number of nitrogens with zero attached hydrogens (tertiary/aromatic N) is 4. The lowest BCUT2D eigenvalue weighted by Gasteiger charge is -2.30. The summed E-state index contributed by atoms with van der Waals surface area (Å²) in [6.45, 7) is 1.29. The van der Waals surface area contributed by atoms with E-state index >= 15 is 0 Å². The molecule has 1 aromatic heterocycles. The number of halogens is 1. The van der Waals surface area contributed by atoms with Crippen LogP contribution in [0.1, 0.15) is 35.0 Å². The summed E-state index contributed by atoms with van der Waals surface area (Å²) < 4.78 is 18.9. The molecule has 1 aliphatic heterocycles. The quantitative estimate of drug-likeness (QED) is 0.670. The molecule has 1 amide bonds. The molecule has 0 saturated carbocycles. The maximum atomic E-state index is 13.1. The Kier molecular flexibility index (Phi) is 5.29. The fraction of sp³-hybridized carbons (Fsp3) is 0.318. The molecule has 3 aromatic rings. The van der Waals surface area contributed by atoms with E-state index in [2.05, 4.69) is 10.2 Å². The first-order chi connectivity index (χ1) is 14.0. The van der Waals surface area contributed by atoms with Gasteiger partial charge in [0.25, 0.3) is 5.91 Å². The summed E-state index contributed by atoms with van der Waals surface area (Å²) in [7, 11) is 3.95. The molecule has 0 aliphatic carbocycles. The minimum absolute atomic E-state index is 0.0475. The molecule has 1 aliphatic rings. The zero-order valence-corrected chi connectivity index (χ0v) is 16.5. The van der Waals surface area contributed by atoms with Gasteiger partial charge in [-0.1, -0.05) is 0 Å². The number of carbonyl (C=O) groups excluding carboxylic acids is 1. The van der Waals surface area contributed by atoms with Gasteiger partial charge in [-0.15, -0.1) is 10.2 Å². The molecule has 0 radical (unpaired) electrons. The molecule has 0 N–H and O–H groups in total. The van der Waals surface area contributed by atoms with Crippen LogP contribution in [0.3, 0.4) is 0 Å². The third-order valence-corrected chi connectivity index (χ3v) is 5.29. The number of amides is 1. The molecule has 0 atom stereocenters. The third-order valence-electron chi connectivity index (χ3n) is 5.29. The van der Waals surface area contributed by atoms with Crippen molar-refractivity contribution in [2.24, 2.45) is 0 Å². The predicted molar refractivity (Wildman–Crippen MR) is 108 cm³/mol. The lowest BCUT2D eigenvalue weighted by atomic mass is 9.96. The Bertz CT molecular complexity index is 975. The largest absolute Gasteiger partial charge is 0.420 e. The van der Waals surface area contributed by atoms with Crippen LogP contribution in [0.2, 0.25) is 0 Å². The highest BCUT2D eigenvalue weighted by molar-refractivity contribution is 5.94. The average Bonchev–Trinajstić information content (AvgIpc) is 3.24. The summed E-state index contributed by atoms with van der Waals surface area (Å²) >= 11 is 0. The van der Waals surface area contributed by atoms with Crippen LogP contribution in [0.5, 0.6) is 0 Å². The normalized spacial score (nSPS) is 14.8. The Morgan fingerprint density at radius 2 is 1.69 bits per heavy atom. The lowest BCUT2D eigenvalue weighted by molar-refractivity contribution is 0.0706. The zero-order valence-electron chi connectivity index (χ0n) is 16.5. The van der Waals surface area contributed by atoms with Crippen LogP contribution in [0, 0.1) is 5.82 Å². The Morgan fingerprint density at radius 1 is 1.03 bits per heavy atom. The highest BCUT2D eigenvalue weighted by atomic mass is 19.1. The van der Waals surface area contributed by atoms with Gasteiger partial charge < -0.3 is 14.2 Å². The SMILES string of the molecule is CN(C)c1ccc(C(=O)N2CCC(c3nnc(-c4ccc(F)cc4)o3)CC2)cc1. The summed E-state index contributed by atoms with van der Waals surface area (Å²) in [5, 5.41) is 8.27. The second-order valence-electron chi connectivity index (χ2n) is 7.46. The van der Waals surface area contributed by atoms with Crippen LogP contribution >= 0.6 is 0 Å². The Labute approximate surface area is 169 Å². The topological polar surface area (TPSA) is 62.5 Å². The molecule has 1 fully saturated rings. The summed E-state index contributed by atoms with van der Waals surface area (Å²) in [5.41, 5.74) is 2.46. The third kappa shape index (κ3) is 4.13. The Morgan fingerprint density at radius 3 is 2.31 bits per heavy atom. The molecular weight excluding hydrogens is 371 g/mol. The molecule has 4 rings (SSSR count). The van der Waals surface area contributed by atoms with Crippen LogP contribution in [0.4, 0.5) is 10.1 Å². The first-order valence-corrected chi connectivity index (χ1v) is 9.67. The predicted octanol–water partition coefficient (Wildman–Crippen LogP) is 3.96. The van der Waals surface area contributed by atoms with Gasteiger partial charge in [0.2, 0.25) is 11.8 Å². The number of likely N-dealkylation sites (tertiary alicyclic amines) is 1. The van der Waals surface area contributed by atoms with Gasteiger partial charge in [0.15, 0.2) is 0 Å². The number of aromatic nitrogens is 2. The van der Waals surface area contributed by atoms with Crippen LogP contribution in [-0.2, 0) is 0 Å². The van der Waals surface area contributed by atoms with Gasteiger partial charge in [0.1, 0.15) is 5.82 Å². The van der Waals surface area contributed by atoms with E-state index in [4.69, 9.17) is 4.42 Å². The summed E-state index contributed by atoms with van der Waals surface area (Å²) in [5.74, 6) is 0.830. The van der Waals surface area contributed by atoms with E-state index in [0.717, 1.165) is 18.5 Å².